The molecule has 0 saturated carbocycles. The van der Waals surface area contributed by atoms with Crippen molar-refractivity contribution in [3.8, 4) is 0 Å². The highest BCUT2D eigenvalue weighted by Crippen LogP contribution is 2.21. The lowest BCUT2D eigenvalue weighted by Crippen LogP contribution is -1.79. The molecule has 0 bridgehead atoms. The van der Waals surface area contributed by atoms with Crippen molar-refractivity contribution in [3.05, 3.63) is 31.8 Å². The Balaban J connectivity index is 3.04. The molecule has 1 rings (SSSR count). The first-order valence-corrected chi connectivity index (χ1v) is 5.73. The summed E-state index contributed by atoms with van der Waals surface area (Å²) in [5.74, 6) is 0. The van der Waals surface area contributed by atoms with Gasteiger partial charge < -0.3 is 0 Å². The van der Waals surface area contributed by atoms with Gasteiger partial charge in [0.1, 0.15) is 0 Å². The van der Waals surface area contributed by atoms with E-state index >= 15 is 0 Å². The van der Waals surface area contributed by atoms with Crippen molar-refractivity contribution in [1.82, 2.24) is 0 Å². The van der Waals surface area contributed by atoms with Crippen LogP contribution in [-0.2, 0) is 5.33 Å². The van der Waals surface area contributed by atoms with E-state index in [4.69, 9.17) is 0 Å². The molecule has 0 aliphatic rings. The fourth-order valence-corrected chi connectivity index (χ4v) is 1.73. The van der Waals surface area contributed by atoms with Gasteiger partial charge in [0, 0.05) is 13.4 Å². The Kier molecular flexibility index (Phi) is 3.66. The highest BCUT2D eigenvalue weighted by molar-refractivity contribution is 14.1. The molecular formula is C7H5Br2I. The predicted molar refractivity (Wildman–Crippen MR) is 59.5 cm³/mol. The van der Waals surface area contributed by atoms with Crippen LogP contribution >= 0.6 is 54.5 Å². The first kappa shape index (κ1) is 9.00. The highest BCUT2D eigenvalue weighted by Gasteiger charge is 1.95. The normalized spacial score (nSPS) is 9.90. The van der Waals surface area contributed by atoms with Crippen LogP contribution < -0.4 is 0 Å². The third-order valence-electron chi connectivity index (χ3n) is 1.14. The lowest BCUT2D eigenvalue weighted by atomic mass is 10.2. The van der Waals surface area contributed by atoms with Gasteiger partial charge in [-0.25, -0.2) is 0 Å². The summed E-state index contributed by atoms with van der Waals surface area (Å²) in [6.07, 6.45) is 0. The Labute approximate surface area is 90.8 Å². The summed E-state index contributed by atoms with van der Waals surface area (Å²) in [6, 6.07) is 6.33. The molecular weight excluding hydrogens is 371 g/mol. The molecule has 3 heteroatoms. The average molecular weight is 376 g/mol. The topological polar surface area (TPSA) is 0 Å². The average Bonchev–Trinajstić information content (AvgIpc) is 1.95. The molecule has 0 unspecified atom stereocenters. The Morgan fingerprint density at radius 2 is 2.10 bits per heavy atom. The molecule has 0 spiro atoms. The molecule has 0 fully saturated rings. The Hall–Kier alpha value is 0.910. The quantitative estimate of drug-likeness (QED) is 0.515. The van der Waals surface area contributed by atoms with Crippen LogP contribution in [0.3, 0.4) is 0 Å². The van der Waals surface area contributed by atoms with Gasteiger partial charge in [-0.3, -0.25) is 0 Å². The zero-order valence-corrected chi connectivity index (χ0v) is 10.4. The minimum Gasteiger partial charge on any atom is -0.0876 e. The number of rotatable bonds is 1. The lowest BCUT2D eigenvalue weighted by molar-refractivity contribution is 1.40. The molecule has 0 atom stereocenters. The second-order valence-corrected chi connectivity index (χ2v) is 4.46. The van der Waals surface area contributed by atoms with E-state index in [0.29, 0.717) is 0 Å². The first-order valence-electron chi connectivity index (χ1n) is 2.74. The van der Waals surface area contributed by atoms with Crippen LogP contribution in [0.2, 0.25) is 0 Å². The van der Waals surface area contributed by atoms with Crippen molar-refractivity contribution in [3.63, 3.8) is 0 Å². The lowest BCUT2D eigenvalue weighted by Gasteiger charge is -1.97. The fourth-order valence-electron chi connectivity index (χ4n) is 0.623. The SMILES string of the molecule is BrCc1ccc(I)c(Br)c1. The Morgan fingerprint density at radius 1 is 1.40 bits per heavy atom. The van der Waals surface area contributed by atoms with Crippen molar-refractivity contribution >= 4 is 54.5 Å². The molecule has 0 N–H and O–H groups in total. The largest absolute Gasteiger partial charge is 0.0876 e. The Bertz CT molecular complexity index is 235. The van der Waals surface area contributed by atoms with Crippen molar-refractivity contribution in [2.45, 2.75) is 5.33 Å². The molecule has 0 aromatic heterocycles. The molecule has 0 heterocycles. The third kappa shape index (κ3) is 2.20. The van der Waals surface area contributed by atoms with Gasteiger partial charge in [0.2, 0.25) is 0 Å². The van der Waals surface area contributed by atoms with Crippen molar-refractivity contribution in [2.75, 3.05) is 0 Å². The van der Waals surface area contributed by atoms with Crippen LogP contribution in [0, 0.1) is 3.57 Å². The second kappa shape index (κ2) is 4.07. The number of alkyl halides is 1. The van der Waals surface area contributed by atoms with Crippen LogP contribution in [0.15, 0.2) is 22.7 Å². The zero-order chi connectivity index (χ0) is 7.56. The van der Waals surface area contributed by atoms with Crippen LogP contribution in [-0.4, -0.2) is 0 Å². The standard InChI is InChI=1S/C7H5Br2I/c8-4-5-1-2-7(10)6(9)3-5/h1-3H,4H2. The minimum atomic E-state index is 0.919. The maximum atomic E-state index is 3.46. The third-order valence-corrected chi connectivity index (χ3v) is 4.12. The summed E-state index contributed by atoms with van der Waals surface area (Å²) < 4.78 is 2.42. The number of hydrogen-bond acceptors (Lipinski definition) is 0. The molecule has 0 aliphatic heterocycles. The molecule has 54 valence electrons. The fraction of sp³-hybridized carbons (Fsp3) is 0.143. The molecule has 10 heavy (non-hydrogen) atoms. The summed E-state index contributed by atoms with van der Waals surface area (Å²) in [5.41, 5.74) is 1.30. The van der Waals surface area contributed by atoms with E-state index in [0.717, 1.165) is 5.33 Å². The summed E-state index contributed by atoms with van der Waals surface area (Å²) >= 11 is 9.15. The van der Waals surface area contributed by atoms with Gasteiger partial charge in [-0.15, -0.1) is 0 Å². The number of halogens is 3. The van der Waals surface area contributed by atoms with Crippen LogP contribution in [0.5, 0.6) is 0 Å². The van der Waals surface area contributed by atoms with Crippen molar-refractivity contribution < 1.29 is 0 Å². The second-order valence-electron chi connectivity index (χ2n) is 1.88. The van der Waals surface area contributed by atoms with Crippen LogP contribution in [0.1, 0.15) is 5.56 Å². The number of hydrogen-bond donors (Lipinski definition) is 0. The molecule has 1 aromatic carbocycles. The summed E-state index contributed by atoms with van der Waals surface area (Å²) in [6.45, 7) is 0. The van der Waals surface area contributed by atoms with Crippen molar-refractivity contribution in [1.29, 1.82) is 0 Å². The van der Waals surface area contributed by atoms with E-state index in [-0.39, 0.29) is 0 Å². The van der Waals surface area contributed by atoms with Crippen LogP contribution in [0.25, 0.3) is 0 Å². The molecule has 0 nitrogen and oxygen atoms in total. The monoisotopic (exact) mass is 374 g/mol. The van der Waals surface area contributed by atoms with Gasteiger partial charge in [0.15, 0.2) is 0 Å². The van der Waals surface area contributed by atoms with Gasteiger partial charge in [0.25, 0.3) is 0 Å². The predicted octanol–water partition coefficient (Wildman–Crippen LogP) is 3.95. The van der Waals surface area contributed by atoms with Gasteiger partial charge in [0.05, 0.1) is 0 Å². The molecule has 0 saturated heterocycles. The van der Waals surface area contributed by atoms with Gasteiger partial charge in [-0.05, 0) is 56.2 Å². The van der Waals surface area contributed by atoms with Gasteiger partial charge >= 0.3 is 0 Å². The molecule has 0 aliphatic carbocycles. The number of benzene rings is 1. The highest BCUT2D eigenvalue weighted by atomic mass is 127. The Morgan fingerprint density at radius 3 is 2.60 bits per heavy atom. The maximum Gasteiger partial charge on any atom is 0.0311 e. The van der Waals surface area contributed by atoms with Crippen molar-refractivity contribution in [2.24, 2.45) is 0 Å². The van der Waals surface area contributed by atoms with E-state index in [9.17, 15) is 0 Å². The molecule has 1 aromatic rings. The molecule has 0 amide bonds. The zero-order valence-electron chi connectivity index (χ0n) is 5.07. The maximum absolute atomic E-state index is 3.46. The van der Waals surface area contributed by atoms with E-state index < -0.39 is 0 Å². The summed E-state index contributed by atoms with van der Waals surface area (Å²) in [5, 5.41) is 0.919. The van der Waals surface area contributed by atoms with Gasteiger partial charge in [-0.1, -0.05) is 22.0 Å². The smallest absolute Gasteiger partial charge is 0.0311 e. The first-order chi connectivity index (χ1) is 4.74. The van der Waals surface area contributed by atoms with E-state index in [1.807, 2.05) is 0 Å². The summed E-state index contributed by atoms with van der Waals surface area (Å²) in [7, 11) is 0. The van der Waals surface area contributed by atoms with E-state index in [2.05, 4.69) is 72.6 Å². The van der Waals surface area contributed by atoms with E-state index in [1.54, 1.807) is 0 Å². The van der Waals surface area contributed by atoms with Gasteiger partial charge in [-0.2, -0.15) is 0 Å². The van der Waals surface area contributed by atoms with Crippen LogP contribution in [0.4, 0.5) is 0 Å². The molecule has 0 radical (unpaired) electrons. The summed E-state index contributed by atoms with van der Waals surface area (Å²) in [4.78, 5) is 0. The minimum absolute atomic E-state index is 0.919. The van der Waals surface area contributed by atoms with E-state index in [1.165, 1.54) is 13.6 Å².